The number of hydrogen-bond acceptors (Lipinski definition) is 5. The second kappa shape index (κ2) is 8.78. The standard InChI is InChI=1S/C26H20N2O3P2/c29-32(21-13-5-1-6-14-21,22-15-7-2-8-16-22)25-26(28-31-27-25)33(30,23-17-9-3-10-18-23)24-19-11-4-12-20-24/h1-20H. The Balaban J connectivity index is 1.83. The minimum Gasteiger partial charge on any atom is -0.307 e. The van der Waals surface area contributed by atoms with Crippen molar-refractivity contribution in [3.8, 4) is 0 Å². The van der Waals surface area contributed by atoms with Crippen molar-refractivity contribution in [3.05, 3.63) is 121 Å². The van der Waals surface area contributed by atoms with E-state index in [0.29, 0.717) is 21.2 Å². The maximum atomic E-state index is 14.9. The molecular formula is C26H20N2O3P2. The molecule has 0 radical (unpaired) electrons. The third kappa shape index (κ3) is 3.60. The molecule has 4 aromatic carbocycles. The summed E-state index contributed by atoms with van der Waals surface area (Å²) in [6.45, 7) is 0. The van der Waals surface area contributed by atoms with E-state index in [9.17, 15) is 9.13 Å². The van der Waals surface area contributed by atoms with Gasteiger partial charge >= 0.3 is 0 Å². The van der Waals surface area contributed by atoms with E-state index in [4.69, 9.17) is 4.63 Å². The summed E-state index contributed by atoms with van der Waals surface area (Å²) in [4.78, 5) is 0. The van der Waals surface area contributed by atoms with Crippen LogP contribution in [0, 0.1) is 0 Å². The fraction of sp³-hybridized carbons (Fsp3) is 0. The van der Waals surface area contributed by atoms with E-state index in [1.807, 2.05) is 72.8 Å². The van der Waals surface area contributed by atoms with Crippen LogP contribution in [-0.4, -0.2) is 10.3 Å². The van der Waals surface area contributed by atoms with E-state index >= 15 is 0 Å². The molecule has 33 heavy (non-hydrogen) atoms. The van der Waals surface area contributed by atoms with Crippen molar-refractivity contribution >= 4 is 46.4 Å². The highest BCUT2D eigenvalue weighted by atomic mass is 31.2. The van der Waals surface area contributed by atoms with Gasteiger partial charge in [0.1, 0.15) is 0 Å². The molecule has 5 rings (SSSR count). The van der Waals surface area contributed by atoms with E-state index in [1.54, 1.807) is 48.5 Å². The third-order valence-corrected chi connectivity index (χ3v) is 11.6. The van der Waals surface area contributed by atoms with Crippen molar-refractivity contribution in [3.63, 3.8) is 0 Å². The van der Waals surface area contributed by atoms with Crippen LogP contribution < -0.4 is 32.1 Å². The predicted octanol–water partition coefficient (Wildman–Crippen LogP) is 3.35. The highest BCUT2D eigenvalue weighted by Gasteiger charge is 2.44. The first-order valence-corrected chi connectivity index (χ1v) is 13.8. The Morgan fingerprint density at radius 2 is 0.667 bits per heavy atom. The lowest BCUT2D eigenvalue weighted by molar-refractivity contribution is 0.312. The quantitative estimate of drug-likeness (QED) is 0.356. The van der Waals surface area contributed by atoms with Crippen molar-refractivity contribution in [1.82, 2.24) is 10.3 Å². The molecule has 0 spiro atoms. The van der Waals surface area contributed by atoms with Crippen LogP contribution in [0.25, 0.3) is 0 Å². The maximum absolute atomic E-state index is 14.9. The number of hydrogen-bond donors (Lipinski definition) is 0. The minimum absolute atomic E-state index is 0.107. The van der Waals surface area contributed by atoms with Crippen LogP contribution in [0.5, 0.6) is 0 Å². The Bertz CT molecular complexity index is 1260. The zero-order chi connectivity index (χ0) is 22.7. The van der Waals surface area contributed by atoms with Crippen LogP contribution in [0.1, 0.15) is 0 Å². The molecule has 0 saturated carbocycles. The second-order valence-corrected chi connectivity index (χ2v) is 12.8. The first-order valence-electron chi connectivity index (χ1n) is 10.4. The summed E-state index contributed by atoms with van der Waals surface area (Å²) in [6.07, 6.45) is 0. The molecule has 0 aliphatic heterocycles. The summed E-state index contributed by atoms with van der Waals surface area (Å²) in [5.41, 5.74) is 0.215. The maximum Gasteiger partial charge on any atom is 0.194 e. The van der Waals surface area contributed by atoms with Gasteiger partial charge in [0.2, 0.25) is 0 Å². The van der Waals surface area contributed by atoms with Crippen LogP contribution >= 0.6 is 14.3 Å². The summed E-state index contributed by atoms with van der Waals surface area (Å²) in [7, 11) is -7.09. The van der Waals surface area contributed by atoms with E-state index in [1.165, 1.54) is 0 Å². The summed E-state index contributed by atoms with van der Waals surface area (Å²) in [5.74, 6) is 0. The molecule has 1 aromatic heterocycles. The first kappa shape index (κ1) is 21.3. The molecule has 0 atom stereocenters. The van der Waals surface area contributed by atoms with Gasteiger partial charge in [-0.05, 0) is 10.3 Å². The van der Waals surface area contributed by atoms with E-state index in [0.717, 1.165) is 0 Å². The van der Waals surface area contributed by atoms with E-state index in [-0.39, 0.29) is 10.9 Å². The second-order valence-electron chi connectivity index (χ2n) is 7.47. The summed E-state index contributed by atoms with van der Waals surface area (Å²) >= 11 is 0. The highest BCUT2D eigenvalue weighted by molar-refractivity contribution is 7.90. The van der Waals surface area contributed by atoms with E-state index < -0.39 is 14.3 Å². The molecule has 1 heterocycles. The Morgan fingerprint density at radius 1 is 0.424 bits per heavy atom. The Morgan fingerprint density at radius 3 is 0.909 bits per heavy atom. The molecule has 0 aliphatic carbocycles. The Labute approximate surface area is 191 Å². The summed E-state index contributed by atoms with van der Waals surface area (Å²) in [6, 6.07) is 36.4. The lowest BCUT2D eigenvalue weighted by Crippen LogP contribution is -2.39. The Hall–Kier alpha value is -3.52. The molecule has 0 bridgehead atoms. The highest BCUT2D eigenvalue weighted by Crippen LogP contribution is 2.47. The Kier molecular flexibility index (Phi) is 5.68. The van der Waals surface area contributed by atoms with Gasteiger partial charge in [0.25, 0.3) is 0 Å². The topological polar surface area (TPSA) is 73.1 Å². The lowest BCUT2D eigenvalue weighted by Gasteiger charge is -2.21. The zero-order valence-electron chi connectivity index (χ0n) is 17.6. The van der Waals surface area contributed by atoms with Gasteiger partial charge in [-0.3, -0.25) is 0 Å². The van der Waals surface area contributed by atoms with Gasteiger partial charge in [-0.1, -0.05) is 121 Å². The molecule has 0 aliphatic rings. The van der Waals surface area contributed by atoms with Crippen LogP contribution in [0.2, 0.25) is 0 Å². The molecule has 0 saturated heterocycles. The number of nitrogens with zero attached hydrogens (tertiary/aromatic N) is 2. The first-order chi connectivity index (χ1) is 16.1. The van der Waals surface area contributed by atoms with E-state index in [2.05, 4.69) is 10.3 Å². The van der Waals surface area contributed by atoms with Crippen molar-refractivity contribution in [2.45, 2.75) is 0 Å². The fourth-order valence-electron chi connectivity index (χ4n) is 3.92. The van der Waals surface area contributed by atoms with Crippen LogP contribution in [0.4, 0.5) is 0 Å². The average molecular weight is 470 g/mol. The smallest absolute Gasteiger partial charge is 0.194 e. The molecule has 0 unspecified atom stereocenters. The summed E-state index contributed by atoms with van der Waals surface area (Å²) < 4.78 is 35.0. The minimum atomic E-state index is -3.54. The molecule has 5 aromatic rings. The van der Waals surface area contributed by atoms with Crippen molar-refractivity contribution in [2.24, 2.45) is 0 Å². The van der Waals surface area contributed by atoms with Crippen LogP contribution in [0.3, 0.4) is 0 Å². The molecular weight excluding hydrogens is 450 g/mol. The fourth-order valence-corrected chi connectivity index (χ4v) is 9.65. The van der Waals surface area contributed by atoms with Gasteiger partial charge in [0.15, 0.2) is 25.2 Å². The van der Waals surface area contributed by atoms with Crippen LogP contribution in [0.15, 0.2) is 126 Å². The van der Waals surface area contributed by atoms with Crippen molar-refractivity contribution < 1.29 is 13.8 Å². The molecule has 5 nitrogen and oxygen atoms in total. The van der Waals surface area contributed by atoms with Gasteiger partial charge in [0.05, 0.1) is 0 Å². The molecule has 0 N–H and O–H groups in total. The normalized spacial score (nSPS) is 11.9. The van der Waals surface area contributed by atoms with Gasteiger partial charge in [-0.15, -0.1) is 0 Å². The zero-order valence-corrected chi connectivity index (χ0v) is 19.3. The predicted molar refractivity (Wildman–Crippen MR) is 133 cm³/mol. The monoisotopic (exact) mass is 470 g/mol. The number of benzene rings is 4. The van der Waals surface area contributed by atoms with Gasteiger partial charge in [0, 0.05) is 21.2 Å². The van der Waals surface area contributed by atoms with Gasteiger partial charge in [-0.2, -0.15) is 0 Å². The lowest BCUT2D eigenvalue weighted by atomic mass is 10.4. The number of aromatic nitrogens is 2. The van der Waals surface area contributed by atoms with Gasteiger partial charge in [-0.25, -0.2) is 4.63 Å². The third-order valence-electron chi connectivity index (χ3n) is 5.53. The molecule has 162 valence electrons. The van der Waals surface area contributed by atoms with Gasteiger partial charge < -0.3 is 9.13 Å². The molecule has 0 amide bonds. The SMILES string of the molecule is O=P(c1ccccc1)(c1ccccc1)c1nonc1P(=O)(c1ccccc1)c1ccccc1. The average Bonchev–Trinajstić information content (AvgIpc) is 3.41. The molecule has 0 fully saturated rings. The largest absolute Gasteiger partial charge is 0.307 e. The van der Waals surface area contributed by atoms with Crippen LogP contribution in [-0.2, 0) is 9.13 Å². The van der Waals surface area contributed by atoms with Crippen molar-refractivity contribution in [2.75, 3.05) is 0 Å². The van der Waals surface area contributed by atoms with Crippen molar-refractivity contribution in [1.29, 1.82) is 0 Å². The molecule has 7 heteroatoms. The summed E-state index contributed by atoms with van der Waals surface area (Å²) in [5, 5.41) is 10.6. The number of rotatable bonds is 6.